The number of amides is 2. The van der Waals surface area contributed by atoms with Crippen LogP contribution in [0.5, 0.6) is 0 Å². The zero-order valence-electron chi connectivity index (χ0n) is 21.7. The van der Waals surface area contributed by atoms with Crippen LogP contribution in [0.25, 0.3) is 0 Å². The molecule has 1 aliphatic carbocycles. The fraction of sp³-hybridized carbons (Fsp3) is 0.483. The number of ether oxygens (including phenoxy) is 1. The summed E-state index contributed by atoms with van der Waals surface area (Å²) in [4.78, 5) is 20.5. The standard InChI is InChI=1S/C29H37N5O2/c1-20-9-14-25-26(17-20)33(24-12-10-22(11-13-24)18-27-30-15-16-31-27)29(35)34(21(2)19-36-3)32-28(25)23-7-5-4-6-8-23/h9-14,17,21,23H,4-8,15-16,18-19H2,1-3H3,(H,30,31). The number of benzene rings is 2. The second-order valence-corrected chi connectivity index (χ2v) is 10.2. The first kappa shape index (κ1) is 24.5. The third-order valence-electron chi connectivity index (χ3n) is 7.40. The second-order valence-electron chi connectivity index (χ2n) is 10.2. The molecule has 5 rings (SSSR count). The molecule has 1 fully saturated rings. The average molecular weight is 488 g/mol. The van der Waals surface area contributed by atoms with Crippen molar-refractivity contribution >= 4 is 29.0 Å². The average Bonchev–Trinajstić information content (AvgIpc) is 3.36. The molecule has 1 saturated carbocycles. The number of aliphatic imine (C=N–C) groups is 1. The number of amidine groups is 1. The van der Waals surface area contributed by atoms with Crippen molar-refractivity contribution < 1.29 is 9.53 Å². The van der Waals surface area contributed by atoms with Gasteiger partial charge in [-0.05, 0) is 56.0 Å². The van der Waals surface area contributed by atoms with E-state index in [0.717, 1.165) is 66.4 Å². The topological polar surface area (TPSA) is 69.5 Å². The van der Waals surface area contributed by atoms with Crippen molar-refractivity contribution in [3.8, 4) is 0 Å². The normalized spacial score (nSPS) is 19.4. The largest absolute Gasteiger partial charge is 0.382 e. The number of hydrogen-bond acceptors (Lipinski definition) is 5. The molecule has 0 aromatic heterocycles. The van der Waals surface area contributed by atoms with Gasteiger partial charge in [0.2, 0.25) is 0 Å². The van der Waals surface area contributed by atoms with E-state index < -0.39 is 0 Å². The van der Waals surface area contributed by atoms with Crippen LogP contribution in [0.15, 0.2) is 52.6 Å². The highest BCUT2D eigenvalue weighted by Gasteiger charge is 2.36. The number of aryl methyl sites for hydroxylation is 1. The molecule has 0 saturated heterocycles. The molecular formula is C29H37N5O2. The van der Waals surface area contributed by atoms with Gasteiger partial charge in [0.05, 0.1) is 36.3 Å². The number of nitrogens with one attached hydrogen (secondary N) is 1. The van der Waals surface area contributed by atoms with Gasteiger partial charge in [-0.3, -0.25) is 9.89 Å². The number of methoxy groups -OCH3 is 1. The van der Waals surface area contributed by atoms with Gasteiger partial charge >= 0.3 is 6.03 Å². The van der Waals surface area contributed by atoms with Crippen LogP contribution in [0.2, 0.25) is 0 Å². The van der Waals surface area contributed by atoms with E-state index in [1.54, 1.807) is 12.1 Å². The molecule has 36 heavy (non-hydrogen) atoms. The van der Waals surface area contributed by atoms with E-state index in [2.05, 4.69) is 47.6 Å². The van der Waals surface area contributed by atoms with Gasteiger partial charge in [-0.2, -0.15) is 5.10 Å². The molecule has 7 heteroatoms. The van der Waals surface area contributed by atoms with Crippen molar-refractivity contribution in [2.75, 3.05) is 31.7 Å². The molecule has 3 aliphatic rings. The van der Waals surface area contributed by atoms with Gasteiger partial charge in [0.15, 0.2) is 0 Å². The molecule has 2 amide bonds. The lowest BCUT2D eigenvalue weighted by molar-refractivity contribution is 0.116. The number of nitrogens with zero attached hydrogens (tertiary/aromatic N) is 4. The molecule has 0 bridgehead atoms. The zero-order chi connectivity index (χ0) is 25.1. The molecule has 2 heterocycles. The summed E-state index contributed by atoms with van der Waals surface area (Å²) in [6, 6.07) is 14.3. The molecular weight excluding hydrogens is 450 g/mol. The highest BCUT2D eigenvalue weighted by molar-refractivity contribution is 6.14. The lowest BCUT2D eigenvalue weighted by Gasteiger charge is -2.30. The number of hydrogen-bond donors (Lipinski definition) is 1. The fourth-order valence-corrected chi connectivity index (χ4v) is 5.51. The Labute approximate surface area is 214 Å². The van der Waals surface area contributed by atoms with Crippen LogP contribution < -0.4 is 10.2 Å². The van der Waals surface area contributed by atoms with E-state index in [0.29, 0.717) is 12.5 Å². The van der Waals surface area contributed by atoms with Crippen molar-refractivity contribution in [3.63, 3.8) is 0 Å². The van der Waals surface area contributed by atoms with E-state index in [-0.39, 0.29) is 12.1 Å². The first-order valence-corrected chi connectivity index (χ1v) is 13.2. The highest BCUT2D eigenvalue weighted by atomic mass is 16.5. The lowest BCUT2D eigenvalue weighted by Crippen LogP contribution is -2.43. The number of fused-ring (bicyclic) bond motifs is 1. The Morgan fingerprint density at radius 1 is 1.11 bits per heavy atom. The minimum absolute atomic E-state index is 0.146. The zero-order valence-corrected chi connectivity index (χ0v) is 21.7. The van der Waals surface area contributed by atoms with E-state index >= 15 is 0 Å². The van der Waals surface area contributed by atoms with Crippen molar-refractivity contribution in [1.82, 2.24) is 10.3 Å². The summed E-state index contributed by atoms with van der Waals surface area (Å²) in [5.41, 5.74) is 6.13. The Hall–Kier alpha value is -3.19. The first-order valence-electron chi connectivity index (χ1n) is 13.2. The van der Waals surface area contributed by atoms with Crippen molar-refractivity contribution in [2.45, 2.75) is 58.4 Å². The molecule has 1 unspecified atom stereocenters. The van der Waals surface area contributed by atoms with Gasteiger partial charge in [0.25, 0.3) is 0 Å². The quantitative estimate of drug-likeness (QED) is 0.566. The Balaban J connectivity index is 1.58. The number of carbonyl (C=O) groups is 1. The van der Waals surface area contributed by atoms with Gasteiger partial charge in [0, 0.05) is 31.6 Å². The monoisotopic (exact) mass is 487 g/mol. The minimum atomic E-state index is -0.190. The fourth-order valence-electron chi connectivity index (χ4n) is 5.51. The first-order chi connectivity index (χ1) is 17.5. The Morgan fingerprint density at radius 3 is 2.58 bits per heavy atom. The van der Waals surface area contributed by atoms with Gasteiger partial charge in [0.1, 0.15) is 5.84 Å². The molecule has 190 valence electrons. The maximum atomic E-state index is 14.2. The molecule has 1 N–H and O–H groups in total. The van der Waals surface area contributed by atoms with Crippen LogP contribution in [0.3, 0.4) is 0 Å². The Bertz CT molecular complexity index is 1150. The van der Waals surface area contributed by atoms with Crippen molar-refractivity contribution in [2.24, 2.45) is 16.0 Å². The van der Waals surface area contributed by atoms with Gasteiger partial charge in [-0.25, -0.2) is 9.80 Å². The number of rotatable bonds is 7. The van der Waals surface area contributed by atoms with Crippen LogP contribution in [0.1, 0.15) is 55.7 Å². The lowest BCUT2D eigenvalue weighted by atomic mass is 9.82. The molecule has 7 nitrogen and oxygen atoms in total. The van der Waals surface area contributed by atoms with Crippen LogP contribution in [0.4, 0.5) is 16.2 Å². The number of hydrazone groups is 1. The molecule has 0 spiro atoms. The van der Waals surface area contributed by atoms with E-state index in [9.17, 15) is 4.79 Å². The highest BCUT2D eigenvalue weighted by Crippen LogP contribution is 2.38. The third-order valence-corrected chi connectivity index (χ3v) is 7.40. The summed E-state index contributed by atoms with van der Waals surface area (Å²) in [5, 5.41) is 10.1. The summed E-state index contributed by atoms with van der Waals surface area (Å²) in [7, 11) is 1.67. The SMILES string of the molecule is COCC(C)N1N=C(C2CCCCC2)c2ccc(C)cc2N(c2ccc(CC3=NCCN3)cc2)C1=O. The second kappa shape index (κ2) is 10.8. The maximum absolute atomic E-state index is 14.2. The maximum Gasteiger partial charge on any atom is 0.349 e. The smallest absolute Gasteiger partial charge is 0.349 e. The summed E-state index contributed by atoms with van der Waals surface area (Å²) < 4.78 is 5.44. The summed E-state index contributed by atoms with van der Waals surface area (Å²) in [6.45, 7) is 6.25. The van der Waals surface area contributed by atoms with E-state index in [1.807, 2.05) is 24.0 Å². The van der Waals surface area contributed by atoms with Crippen molar-refractivity contribution in [3.05, 3.63) is 59.2 Å². The summed E-state index contributed by atoms with van der Waals surface area (Å²) in [6.07, 6.45) is 6.68. The number of urea groups is 1. The Morgan fingerprint density at radius 2 is 1.89 bits per heavy atom. The van der Waals surface area contributed by atoms with E-state index in [1.165, 1.54) is 24.8 Å². The molecule has 1 atom stereocenters. The van der Waals surface area contributed by atoms with Crippen LogP contribution in [-0.2, 0) is 11.2 Å². The van der Waals surface area contributed by atoms with Crippen LogP contribution >= 0.6 is 0 Å². The van der Waals surface area contributed by atoms with Gasteiger partial charge in [-0.1, -0.05) is 43.5 Å². The number of carbonyl (C=O) groups excluding carboxylic acids is 1. The molecule has 2 aromatic carbocycles. The van der Waals surface area contributed by atoms with Crippen LogP contribution in [-0.4, -0.2) is 55.4 Å². The van der Waals surface area contributed by atoms with Gasteiger partial charge < -0.3 is 10.1 Å². The third kappa shape index (κ3) is 5.03. The van der Waals surface area contributed by atoms with Crippen LogP contribution in [0, 0.1) is 12.8 Å². The van der Waals surface area contributed by atoms with Gasteiger partial charge in [-0.15, -0.1) is 0 Å². The molecule has 2 aliphatic heterocycles. The molecule has 0 radical (unpaired) electrons. The summed E-state index contributed by atoms with van der Waals surface area (Å²) in [5.74, 6) is 1.38. The minimum Gasteiger partial charge on any atom is -0.382 e. The summed E-state index contributed by atoms with van der Waals surface area (Å²) >= 11 is 0. The predicted octanol–water partition coefficient (Wildman–Crippen LogP) is 5.43. The predicted molar refractivity (Wildman–Crippen MR) is 145 cm³/mol. The van der Waals surface area contributed by atoms with E-state index in [4.69, 9.17) is 9.84 Å². The molecule has 2 aromatic rings. The number of anilines is 2. The van der Waals surface area contributed by atoms with Crippen molar-refractivity contribution in [1.29, 1.82) is 0 Å². The Kier molecular flexibility index (Phi) is 7.37.